The largest absolute Gasteiger partial charge is 0.493 e. The van der Waals surface area contributed by atoms with Crippen LogP contribution >= 0.6 is 31.9 Å². The number of carbonyl (C=O) groups is 1. The fourth-order valence-corrected chi connectivity index (χ4v) is 4.94. The Morgan fingerprint density at radius 3 is 1.58 bits per heavy atom. The Balaban J connectivity index is 1.93. The van der Waals surface area contributed by atoms with Gasteiger partial charge in [0.2, 0.25) is 0 Å². The van der Waals surface area contributed by atoms with Crippen molar-refractivity contribution in [3.05, 3.63) is 55.5 Å². The van der Waals surface area contributed by atoms with Gasteiger partial charge in [-0.15, -0.1) is 0 Å². The molecule has 0 spiro atoms. The van der Waals surface area contributed by atoms with Gasteiger partial charge < -0.3 is 18.9 Å². The number of methoxy groups -OCH3 is 2. The van der Waals surface area contributed by atoms with Gasteiger partial charge in [0.05, 0.1) is 36.4 Å². The van der Waals surface area contributed by atoms with E-state index in [0.29, 0.717) is 36.2 Å². The fourth-order valence-electron chi connectivity index (χ4n) is 3.80. The molecule has 0 bridgehead atoms. The Morgan fingerprint density at radius 2 is 1.21 bits per heavy atom. The molecule has 0 aromatic heterocycles. The third-order valence-electron chi connectivity index (χ3n) is 5.24. The third-order valence-corrected chi connectivity index (χ3v) is 6.42. The molecule has 0 atom stereocenters. The van der Waals surface area contributed by atoms with Crippen molar-refractivity contribution in [1.29, 1.82) is 0 Å². The molecular weight excluding hydrogens is 552 g/mol. The summed E-state index contributed by atoms with van der Waals surface area (Å²) >= 11 is 7.11. The van der Waals surface area contributed by atoms with E-state index in [-0.39, 0.29) is 5.78 Å². The molecule has 1 aliphatic rings. The second kappa shape index (κ2) is 11.7. The summed E-state index contributed by atoms with van der Waals surface area (Å²) in [7, 11) is 3.22. The zero-order valence-electron chi connectivity index (χ0n) is 19.3. The van der Waals surface area contributed by atoms with Crippen LogP contribution in [0.3, 0.4) is 0 Å². The molecule has 2 aromatic rings. The Bertz CT molecular complexity index is 1010. The molecule has 3 rings (SSSR count). The fraction of sp³-hybridized carbons (Fsp3) is 0.346. The van der Waals surface area contributed by atoms with Gasteiger partial charge in [-0.05, 0) is 113 Å². The highest BCUT2D eigenvalue weighted by Crippen LogP contribution is 2.39. The number of ether oxygens (including phenoxy) is 4. The maximum Gasteiger partial charge on any atom is 0.185 e. The molecular formula is C26H28Br2O5. The topological polar surface area (TPSA) is 54.0 Å². The minimum absolute atomic E-state index is 0.0641. The van der Waals surface area contributed by atoms with Crippen LogP contribution in [-0.2, 0) is 4.79 Å². The minimum atomic E-state index is 0.0641. The molecule has 5 nitrogen and oxygen atoms in total. The highest BCUT2D eigenvalue weighted by Gasteiger charge is 2.22. The van der Waals surface area contributed by atoms with Crippen molar-refractivity contribution < 1.29 is 23.7 Å². The lowest BCUT2D eigenvalue weighted by molar-refractivity contribution is -0.112. The van der Waals surface area contributed by atoms with E-state index in [1.807, 2.05) is 50.3 Å². The summed E-state index contributed by atoms with van der Waals surface area (Å²) in [5.74, 6) is 2.64. The maximum atomic E-state index is 13.3. The van der Waals surface area contributed by atoms with E-state index >= 15 is 0 Å². The Labute approximate surface area is 212 Å². The summed E-state index contributed by atoms with van der Waals surface area (Å²) in [6.45, 7) is 4.92. The van der Waals surface area contributed by atoms with Crippen molar-refractivity contribution >= 4 is 49.8 Å². The molecule has 0 unspecified atom stereocenters. The maximum absolute atomic E-state index is 13.3. The molecule has 176 valence electrons. The van der Waals surface area contributed by atoms with Crippen molar-refractivity contribution in [2.45, 2.75) is 33.1 Å². The van der Waals surface area contributed by atoms with Crippen LogP contribution in [0.25, 0.3) is 12.2 Å². The minimum Gasteiger partial charge on any atom is -0.493 e. The second-order valence-corrected chi connectivity index (χ2v) is 9.16. The summed E-state index contributed by atoms with van der Waals surface area (Å²) in [5, 5.41) is 0. The number of rotatable bonds is 8. The summed E-state index contributed by atoms with van der Waals surface area (Å²) in [6, 6.07) is 7.67. The molecule has 0 aliphatic heterocycles. The molecule has 1 aliphatic carbocycles. The first-order valence-corrected chi connectivity index (χ1v) is 12.5. The lowest BCUT2D eigenvalue weighted by atomic mass is 9.87. The first kappa shape index (κ1) is 25.4. The Hall–Kier alpha value is -2.25. The van der Waals surface area contributed by atoms with Crippen LogP contribution in [-0.4, -0.2) is 33.2 Å². The molecule has 0 heterocycles. The number of allylic oxidation sites excluding steroid dienone is 2. The van der Waals surface area contributed by atoms with E-state index < -0.39 is 0 Å². The van der Waals surface area contributed by atoms with Gasteiger partial charge in [-0.25, -0.2) is 0 Å². The number of Topliss-reactive ketones (excluding diaryl/α,β-unsaturated/α-hetero) is 1. The van der Waals surface area contributed by atoms with E-state index in [2.05, 4.69) is 31.9 Å². The van der Waals surface area contributed by atoms with Gasteiger partial charge >= 0.3 is 0 Å². The predicted molar refractivity (Wildman–Crippen MR) is 139 cm³/mol. The predicted octanol–water partition coefficient (Wildman–Crippen LogP) is 7.25. The molecule has 0 amide bonds. The van der Waals surface area contributed by atoms with Crippen LogP contribution in [0.15, 0.2) is 44.4 Å². The van der Waals surface area contributed by atoms with Crippen molar-refractivity contribution in [1.82, 2.24) is 0 Å². The first-order chi connectivity index (χ1) is 15.9. The second-order valence-electron chi connectivity index (χ2n) is 7.46. The molecule has 1 saturated carbocycles. The van der Waals surface area contributed by atoms with Gasteiger partial charge in [-0.3, -0.25) is 4.79 Å². The Kier molecular flexibility index (Phi) is 9.03. The number of hydrogen-bond acceptors (Lipinski definition) is 5. The molecule has 1 fully saturated rings. The van der Waals surface area contributed by atoms with Crippen LogP contribution in [0.1, 0.15) is 44.2 Å². The third kappa shape index (κ3) is 6.01. The van der Waals surface area contributed by atoms with Gasteiger partial charge in [0, 0.05) is 11.1 Å². The van der Waals surface area contributed by atoms with Gasteiger partial charge in [0.15, 0.2) is 28.8 Å². The van der Waals surface area contributed by atoms with Crippen LogP contribution in [0.2, 0.25) is 0 Å². The zero-order valence-corrected chi connectivity index (χ0v) is 22.5. The van der Waals surface area contributed by atoms with Gasteiger partial charge in [-0.2, -0.15) is 0 Å². The molecule has 33 heavy (non-hydrogen) atoms. The van der Waals surface area contributed by atoms with Crippen LogP contribution < -0.4 is 18.9 Å². The van der Waals surface area contributed by atoms with E-state index in [0.717, 1.165) is 50.5 Å². The molecule has 0 N–H and O–H groups in total. The Morgan fingerprint density at radius 1 is 0.788 bits per heavy atom. The average molecular weight is 580 g/mol. The van der Waals surface area contributed by atoms with Crippen LogP contribution in [0, 0.1) is 0 Å². The number of carbonyl (C=O) groups excluding carboxylic acids is 1. The zero-order chi connectivity index (χ0) is 24.0. The molecule has 0 saturated heterocycles. The lowest BCUT2D eigenvalue weighted by Crippen LogP contribution is -2.12. The smallest absolute Gasteiger partial charge is 0.185 e. The van der Waals surface area contributed by atoms with Crippen molar-refractivity contribution in [2.24, 2.45) is 0 Å². The summed E-state index contributed by atoms with van der Waals surface area (Å²) in [5.41, 5.74) is 3.33. The highest BCUT2D eigenvalue weighted by molar-refractivity contribution is 9.11. The SMILES string of the molecule is CCOc1c(Br)cc(/C=C2/CCC/C(=C/c3cc(Br)c(OCC)c(OC)c3)C2=O)cc1OC. The quantitative estimate of drug-likeness (QED) is 0.308. The standard InChI is InChI=1S/C26H28Br2O5/c1-5-32-25-20(27)12-16(14-22(25)30-3)10-18-8-7-9-19(24(18)29)11-17-13-21(28)26(33-6-2)23(15-17)31-4/h10-15H,5-9H2,1-4H3/b18-10-,19-11-. The lowest BCUT2D eigenvalue weighted by Gasteiger charge is -2.18. The van der Waals surface area contributed by atoms with E-state index in [1.54, 1.807) is 14.2 Å². The van der Waals surface area contributed by atoms with E-state index in [9.17, 15) is 4.79 Å². The van der Waals surface area contributed by atoms with E-state index in [4.69, 9.17) is 18.9 Å². The van der Waals surface area contributed by atoms with Crippen molar-refractivity contribution in [3.8, 4) is 23.0 Å². The number of ketones is 1. The highest BCUT2D eigenvalue weighted by atomic mass is 79.9. The summed E-state index contributed by atoms with van der Waals surface area (Å²) in [4.78, 5) is 13.3. The molecule has 7 heteroatoms. The van der Waals surface area contributed by atoms with E-state index in [1.165, 1.54) is 0 Å². The average Bonchev–Trinajstić information content (AvgIpc) is 2.79. The van der Waals surface area contributed by atoms with Gasteiger partial charge in [-0.1, -0.05) is 0 Å². The first-order valence-electron chi connectivity index (χ1n) is 10.9. The van der Waals surface area contributed by atoms with Crippen molar-refractivity contribution in [2.75, 3.05) is 27.4 Å². The van der Waals surface area contributed by atoms with Crippen LogP contribution in [0.4, 0.5) is 0 Å². The molecule has 0 radical (unpaired) electrons. The van der Waals surface area contributed by atoms with Crippen LogP contribution in [0.5, 0.6) is 23.0 Å². The van der Waals surface area contributed by atoms with Gasteiger partial charge in [0.1, 0.15) is 0 Å². The van der Waals surface area contributed by atoms with Crippen molar-refractivity contribution in [3.63, 3.8) is 0 Å². The number of benzene rings is 2. The summed E-state index contributed by atoms with van der Waals surface area (Å²) in [6.07, 6.45) is 6.26. The summed E-state index contributed by atoms with van der Waals surface area (Å²) < 4.78 is 23.9. The molecule has 2 aromatic carbocycles. The normalized spacial score (nSPS) is 16.2. The number of hydrogen-bond donors (Lipinski definition) is 0. The van der Waals surface area contributed by atoms with Gasteiger partial charge in [0.25, 0.3) is 0 Å². The monoisotopic (exact) mass is 578 g/mol. The number of halogens is 2.